The second-order valence-corrected chi connectivity index (χ2v) is 6.85. The van der Waals surface area contributed by atoms with Gasteiger partial charge in [-0.1, -0.05) is 20.8 Å². The molecule has 108 valence electrons. The van der Waals surface area contributed by atoms with Crippen LogP contribution < -0.4 is 5.32 Å². The van der Waals surface area contributed by atoms with E-state index in [-0.39, 0.29) is 17.7 Å². The predicted octanol–water partition coefficient (Wildman–Crippen LogP) is 2.85. The molecular weight excluding hydrogens is 260 g/mol. The molecule has 2 rings (SSSR count). The van der Waals surface area contributed by atoms with Crippen LogP contribution in [0.3, 0.4) is 0 Å². The van der Waals surface area contributed by atoms with E-state index in [4.69, 9.17) is 14.5 Å². The van der Waals surface area contributed by atoms with E-state index in [1.54, 1.807) is 11.3 Å². The van der Waals surface area contributed by atoms with Gasteiger partial charge in [-0.2, -0.15) is 0 Å². The highest BCUT2D eigenvalue weighted by molar-refractivity contribution is 7.09. The summed E-state index contributed by atoms with van der Waals surface area (Å²) in [5.74, 6) is 0. The Labute approximate surface area is 119 Å². The molecule has 1 saturated heterocycles. The molecule has 0 unspecified atom stereocenters. The molecule has 0 amide bonds. The highest BCUT2D eigenvalue weighted by Crippen LogP contribution is 2.26. The third-order valence-electron chi connectivity index (χ3n) is 3.18. The summed E-state index contributed by atoms with van der Waals surface area (Å²) >= 11 is 1.73. The standard InChI is InChI=1S/C14H24N2O2S/c1-10(15-6-5-12-17-7-8-18-12)13-16-11(9-19-13)14(2,3)4/h9-10,12,15H,5-8H2,1-4H3/t10-/m0/s1. The summed E-state index contributed by atoms with van der Waals surface area (Å²) in [7, 11) is 0. The fourth-order valence-corrected chi connectivity index (χ4v) is 2.99. The molecule has 0 bridgehead atoms. The summed E-state index contributed by atoms with van der Waals surface area (Å²) in [5.41, 5.74) is 1.30. The van der Waals surface area contributed by atoms with Gasteiger partial charge >= 0.3 is 0 Å². The SMILES string of the molecule is C[C@H](NCCC1OCCO1)c1nc(C(C)(C)C)cs1. The monoisotopic (exact) mass is 284 g/mol. The van der Waals surface area contributed by atoms with Gasteiger partial charge in [-0.25, -0.2) is 4.98 Å². The van der Waals surface area contributed by atoms with Gasteiger partial charge in [0, 0.05) is 23.8 Å². The van der Waals surface area contributed by atoms with Crippen LogP contribution in [-0.4, -0.2) is 31.0 Å². The number of nitrogens with one attached hydrogen (secondary N) is 1. The van der Waals surface area contributed by atoms with Crippen molar-refractivity contribution in [1.82, 2.24) is 10.3 Å². The fraction of sp³-hybridized carbons (Fsp3) is 0.786. The molecule has 0 spiro atoms. The van der Waals surface area contributed by atoms with Gasteiger partial charge in [0.2, 0.25) is 0 Å². The third kappa shape index (κ3) is 4.24. The Morgan fingerprint density at radius 1 is 1.42 bits per heavy atom. The smallest absolute Gasteiger partial charge is 0.159 e. The number of nitrogens with zero attached hydrogens (tertiary/aromatic N) is 1. The van der Waals surface area contributed by atoms with E-state index >= 15 is 0 Å². The average Bonchev–Trinajstić information content (AvgIpc) is 2.99. The number of hydrogen-bond donors (Lipinski definition) is 1. The molecule has 2 heterocycles. The molecular formula is C14H24N2O2S. The first kappa shape index (κ1) is 14.9. The van der Waals surface area contributed by atoms with E-state index in [2.05, 4.69) is 38.4 Å². The molecule has 1 fully saturated rings. The second-order valence-electron chi connectivity index (χ2n) is 5.96. The fourth-order valence-electron chi connectivity index (χ4n) is 1.91. The van der Waals surface area contributed by atoms with Gasteiger partial charge in [0.1, 0.15) is 5.01 Å². The first-order valence-corrected chi connectivity index (χ1v) is 7.77. The van der Waals surface area contributed by atoms with Gasteiger partial charge in [0.25, 0.3) is 0 Å². The summed E-state index contributed by atoms with van der Waals surface area (Å²) < 4.78 is 10.8. The largest absolute Gasteiger partial charge is 0.350 e. The molecule has 4 nitrogen and oxygen atoms in total. The summed E-state index contributed by atoms with van der Waals surface area (Å²) in [6, 6.07) is 0.280. The Hall–Kier alpha value is -0.490. The quantitative estimate of drug-likeness (QED) is 0.903. The number of rotatable bonds is 5. The minimum atomic E-state index is -0.0267. The lowest BCUT2D eigenvalue weighted by Crippen LogP contribution is -2.24. The Bertz CT molecular complexity index is 394. The van der Waals surface area contributed by atoms with Gasteiger partial charge < -0.3 is 14.8 Å². The van der Waals surface area contributed by atoms with Crippen molar-refractivity contribution < 1.29 is 9.47 Å². The van der Waals surface area contributed by atoms with Crippen LogP contribution in [0, 0.1) is 0 Å². The zero-order chi connectivity index (χ0) is 13.9. The van der Waals surface area contributed by atoms with Crippen molar-refractivity contribution in [3.8, 4) is 0 Å². The van der Waals surface area contributed by atoms with Crippen LogP contribution in [-0.2, 0) is 14.9 Å². The molecule has 19 heavy (non-hydrogen) atoms. The zero-order valence-electron chi connectivity index (χ0n) is 12.2. The predicted molar refractivity (Wildman–Crippen MR) is 77.5 cm³/mol. The maximum atomic E-state index is 5.41. The number of ether oxygens (including phenoxy) is 2. The first-order valence-electron chi connectivity index (χ1n) is 6.89. The molecule has 5 heteroatoms. The molecule has 1 aliphatic rings. The number of hydrogen-bond acceptors (Lipinski definition) is 5. The molecule has 0 saturated carbocycles. The van der Waals surface area contributed by atoms with E-state index in [1.165, 1.54) is 5.69 Å². The lowest BCUT2D eigenvalue weighted by atomic mass is 9.93. The van der Waals surface area contributed by atoms with Crippen LogP contribution in [0.25, 0.3) is 0 Å². The van der Waals surface area contributed by atoms with Crippen molar-refractivity contribution in [3.05, 3.63) is 16.1 Å². The van der Waals surface area contributed by atoms with Crippen LogP contribution in [0.4, 0.5) is 0 Å². The molecule has 1 N–H and O–H groups in total. The van der Waals surface area contributed by atoms with Crippen molar-refractivity contribution in [1.29, 1.82) is 0 Å². The van der Waals surface area contributed by atoms with Crippen molar-refractivity contribution >= 4 is 11.3 Å². The number of thiazole rings is 1. The van der Waals surface area contributed by atoms with Crippen LogP contribution in [0.1, 0.15) is 50.9 Å². The van der Waals surface area contributed by atoms with Crippen LogP contribution in [0.15, 0.2) is 5.38 Å². The molecule has 0 aliphatic carbocycles. The zero-order valence-corrected chi connectivity index (χ0v) is 13.0. The maximum absolute atomic E-state index is 5.41. The number of aromatic nitrogens is 1. The van der Waals surface area contributed by atoms with E-state index < -0.39 is 0 Å². The molecule has 0 aromatic carbocycles. The Morgan fingerprint density at radius 3 is 2.68 bits per heavy atom. The Balaban J connectivity index is 1.79. The minimum absolute atomic E-state index is 0.0267. The highest BCUT2D eigenvalue weighted by Gasteiger charge is 2.20. The van der Waals surface area contributed by atoms with Crippen LogP contribution >= 0.6 is 11.3 Å². The normalized spacial score (nSPS) is 18.9. The topological polar surface area (TPSA) is 43.4 Å². The van der Waals surface area contributed by atoms with E-state index in [0.29, 0.717) is 0 Å². The first-order chi connectivity index (χ1) is 8.97. The van der Waals surface area contributed by atoms with Gasteiger partial charge in [0.05, 0.1) is 24.9 Å². The maximum Gasteiger partial charge on any atom is 0.159 e. The molecule has 1 aromatic rings. The second kappa shape index (κ2) is 6.31. The van der Waals surface area contributed by atoms with Crippen molar-refractivity contribution in [2.75, 3.05) is 19.8 Å². The van der Waals surface area contributed by atoms with Gasteiger partial charge in [-0.05, 0) is 6.92 Å². The van der Waals surface area contributed by atoms with Crippen LogP contribution in [0.5, 0.6) is 0 Å². The molecule has 1 aromatic heterocycles. The minimum Gasteiger partial charge on any atom is -0.350 e. The summed E-state index contributed by atoms with van der Waals surface area (Å²) in [6.45, 7) is 11.1. The molecule has 1 aliphatic heterocycles. The van der Waals surface area contributed by atoms with E-state index in [9.17, 15) is 0 Å². The van der Waals surface area contributed by atoms with Crippen molar-refractivity contribution in [3.63, 3.8) is 0 Å². The lowest BCUT2D eigenvalue weighted by molar-refractivity contribution is -0.0462. The van der Waals surface area contributed by atoms with Gasteiger partial charge in [-0.3, -0.25) is 0 Å². The highest BCUT2D eigenvalue weighted by atomic mass is 32.1. The molecule has 0 radical (unpaired) electrons. The molecule has 1 atom stereocenters. The van der Waals surface area contributed by atoms with E-state index in [0.717, 1.165) is 31.2 Å². The lowest BCUT2D eigenvalue weighted by Gasteiger charge is -2.16. The van der Waals surface area contributed by atoms with Gasteiger partial charge in [0.15, 0.2) is 6.29 Å². The van der Waals surface area contributed by atoms with E-state index in [1.807, 2.05) is 0 Å². The summed E-state index contributed by atoms with van der Waals surface area (Å²) in [5, 5.41) is 6.79. The summed E-state index contributed by atoms with van der Waals surface area (Å²) in [6.07, 6.45) is 0.864. The third-order valence-corrected chi connectivity index (χ3v) is 4.21. The Kier molecular flexibility index (Phi) is 4.95. The van der Waals surface area contributed by atoms with Crippen LogP contribution in [0.2, 0.25) is 0 Å². The van der Waals surface area contributed by atoms with Crippen molar-refractivity contribution in [2.24, 2.45) is 0 Å². The van der Waals surface area contributed by atoms with Gasteiger partial charge in [-0.15, -0.1) is 11.3 Å². The summed E-state index contributed by atoms with van der Waals surface area (Å²) in [4.78, 5) is 4.73. The average molecular weight is 284 g/mol. The van der Waals surface area contributed by atoms with Crippen molar-refractivity contribution in [2.45, 2.75) is 51.9 Å². The Morgan fingerprint density at radius 2 is 2.11 bits per heavy atom.